The van der Waals surface area contributed by atoms with Gasteiger partial charge in [-0.25, -0.2) is 4.98 Å². The van der Waals surface area contributed by atoms with Crippen LogP contribution in [0.1, 0.15) is 12.8 Å². The Labute approximate surface area is 115 Å². The lowest BCUT2D eigenvalue weighted by molar-refractivity contribution is -0.0105. The van der Waals surface area contributed by atoms with Crippen molar-refractivity contribution in [2.24, 2.45) is 7.05 Å². The number of aromatic nitrogens is 3. The zero-order valence-electron chi connectivity index (χ0n) is 10.5. The first-order valence-corrected chi connectivity index (χ1v) is 6.49. The number of rotatable bonds is 3. The quantitative estimate of drug-likeness (QED) is 0.874. The fraction of sp³-hybridized carbons (Fsp3) is 0.385. The zero-order valence-corrected chi connectivity index (χ0v) is 11.2. The lowest BCUT2D eigenvalue weighted by atomic mass is 9.92. The molecule has 0 atom stereocenters. The van der Waals surface area contributed by atoms with Crippen LogP contribution in [0.25, 0.3) is 11.1 Å². The van der Waals surface area contributed by atoms with Crippen LogP contribution in [0.5, 0.6) is 5.75 Å². The summed E-state index contributed by atoms with van der Waals surface area (Å²) in [4.78, 5) is 4.09. The highest BCUT2D eigenvalue weighted by molar-refractivity contribution is 6.29. The monoisotopic (exact) mass is 279 g/mol. The van der Waals surface area contributed by atoms with Gasteiger partial charge in [0.1, 0.15) is 17.0 Å². The predicted octanol–water partition coefficient (Wildman–Crippen LogP) is 2.04. The van der Waals surface area contributed by atoms with E-state index in [1.807, 2.05) is 13.2 Å². The molecule has 0 bridgehead atoms. The summed E-state index contributed by atoms with van der Waals surface area (Å²) < 4.78 is 7.60. The Morgan fingerprint density at radius 2 is 2.21 bits per heavy atom. The molecule has 0 aromatic carbocycles. The highest BCUT2D eigenvalue weighted by atomic mass is 35.5. The molecule has 2 heterocycles. The van der Waals surface area contributed by atoms with Crippen LogP contribution < -0.4 is 4.74 Å². The molecule has 0 aliphatic heterocycles. The van der Waals surface area contributed by atoms with E-state index in [4.69, 9.17) is 16.3 Å². The largest absolute Gasteiger partial charge is 0.489 e. The first-order valence-electron chi connectivity index (χ1n) is 6.11. The molecule has 0 spiro atoms. The molecule has 0 radical (unpaired) electrons. The Morgan fingerprint density at radius 1 is 1.42 bits per heavy atom. The maximum atomic E-state index is 9.31. The van der Waals surface area contributed by atoms with E-state index in [0.717, 1.165) is 11.1 Å². The van der Waals surface area contributed by atoms with E-state index in [0.29, 0.717) is 23.7 Å². The minimum absolute atomic E-state index is 0.0453. The molecular formula is C13H14ClN3O2. The van der Waals surface area contributed by atoms with Gasteiger partial charge in [0.15, 0.2) is 0 Å². The van der Waals surface area contributed by atoms with Crippen LogP contribution in [0.15, 0.2) is 24.7 Å². The van der Waals surface area contributed by atoms with Gasteiger partial charge in [-0.2, -0.15) is 5.10 Å². The minimum Gasteiger partial charge on any atom is -0.489 e. The van der Waals surface area contributed by atoms with Crippen LogP contribution >= 0.6 is 11.6 Å². The van der Waals surface area contributed by atoms with E-state index in [2.05, 4.69) is 10.1 Å². The van der Waals surface area contributed by atoms with Gasteiger partial charge in [-0.1, -0.05) is 11.6 Å². The first-order chi connectivity index (χ1) is 9.11. The second kappa shape index (κ2) is 4.83. The third-order valence-corrected chi connectivity index (χ3v) is 3.42. The lowest BCUT2D eigenvalue weighted by Gasteiger charge is -2.32. The highest BCUT2D eigenvalue weighted by Gasteiger charge is 2.29. The van der Waals surface area contributed by atoms with Gasteiger partial charge in [0.25, 0.3) is 0 Å². The third kappa shape index (κ3) is 2.57. The Kier molecular flexibility index (Phi) is 3.16. The molecule has 6 heteroatoms. The van der Waals surface area contributed by atoms with Crippen LogP contribution in [0.4, 0.5) is 0 Å². The molecule has 1 aliphatic rings. The Bertz CT molecular complexity index is 593. The maximum Gasteiger partial charge on any atom is 0.132 e. The summed E-state index contributed by atoms with van der Waals surface area (Å²) in [6.45, 7) is 0. The molecule has 3 rings (SSSR count). The third-order valence-electron chi connectivity index (χ3n) is 3.21. The number of aliphatic hydroxyl groups is 1. The second-order valence-corrected chi connectivity index (χ2v) is 5.16. The van der Waals surface area contributed by atoms with Gasteiger partial charge >= 0.3 is 0 Å². The number of aryl methyl sites for hydroxylation is 1. The van der Waals surface area contributed by atoms with E-state index in [9.17, 15) is 5.11 Å². The SMILES string of the molecule is Cn1cc(-c2cnc(Cl)cc2OC2CC(O)C2)cn1. The van der Waals surface area contributed by atoms with Crippen LogP contribution in [0, 0.1) is 0 Å². The van der Waals surface area contributed by atoms with Gasteiger partial charge in [-0.15, -0.1) is 0 Å². The van der Waals surface area contributed by atoms with Crippen molar-refractivity contribution in [2.75, 3.05) is 0 Å². The summed E-state index contributed by atoms with van der Waals surface area (Å²) in [5, 5.41) is 13.8. The molecule has 19 heavy (non-hydrogen) atoms. The number of hydrogen-bond acceptors (Lipinski definition) is 4. The summed E-state index contributed by atoms with van der Waals surface area (Å²) in [5.74, 6) is 0.685. The van der Waals surface area contributed by atoms with Gasteiger partial charge < -0.3 is 9.84 Å². The van der Waals surface area contributed by atoms with Crippen molar-refractivity contribution in [3.63, 3.8) is 0 Å². The summed E-state index contributed by atoms with van der Waals surface area (Å²) >= 11 is 5.92. The van der Waals surface area contributed by atoms with Gasteiger partial charge in [-0.3, -0.25) is 4.68 Å². The van der Waals surface area contributed by atoms with Crippen molar-refractivity contribution in [3.8, 4) is 16.9 Å². The predicted molar refractivity (Wildman–Crippen MR) is 71.1 cm³/mol. The van der Waals surface area contributed by atoms with Crippen molar-refractivity contribution in [1.29, 1.82) is 0 Å². The Morgan fingerprint density at radius 3 is 2.84 bits per heavy atom. The van der Waals surface area contributed by atoms with E-state index < -0.39 is 0 Å². The molecule has 1 saturated carbocycles. The second-order valence-electron chi connectivity index (χ2n) is 4.77. The summed E-state index contributed by atoms with van der Waals surface area (Å²) in [6, 6.07) is 1.70. The van der Waals surface area contributed by atoms with E-state index in [-0.39, 0.29) is 12.2 Å². The van der Waals surface area contributed by atoms with Crippen LogP contribution in [-0.2, 0) is 7.05 Å². The molecule has 1 fully saturated rings. The zero-order chi connectivity index (χ0) is 13.4. The normalized spacial score (nSPS) is 22.1. The molecule has 0 amide bonds. The number of halogens is 1. The smallest absolute Gasteiger partial charge is 0.132 e. The molecule has 0 saturated heterocycles. The highest BCUT2D eigenvalue weighted by Crippen LogP contribution is 2.34. The molecule has 100 valence electrons. The molecule has 2 aromatic rings. The molecule has 0 unspecified atom stereocenters. The van der Waals surface area contributed by atoms with E-state index in [1.165, 1.54) is 0 Å². The van der Waals surface area contributed by atoms with E-state index in [1.54, 1.807) is 23.1 Å². The summed E-state index contributed by atoms with van der Waals surface area (Å²) in [5.41, 5.74) is 1.79. The minimum atomic E-state index is -0.246. The fourth-order valence-electron chi connectivity index (χ4n) is 2.10. The van der Waals surface area contributed by atoms with Gasteiger partial charge in [0, 0.05) is 49.5 Å². The fourth-order valence-corrected chi connectivity index (χ4v) is 2.25. The molecule has 5 nitrogen and oxygen atoms in total. The van der Waals surface area contributed by atoms with Crippen molar-refractivity contribution >= 4 is 11.6 Å². The standard InChI is InChI=1S/C13H14ClN3O2/c1-17-7-8(5-16-17)11-6-15-13(14)4-12(11)19-10-2-9(18)3-10/h4-7,9-10,18H,2-3H2,1H3. The number of nitrogens with zero attached hydrogens (tertiary/aromatic N) is 3. The maximum absolute atomic E-state index is 9.31. The van der Waals surface area contributed by atoms with Crippen LogP contribution in [0.2, 0.25) is 5.15 Å². The first kappa shape index (κ1) is 12.4. The van der Waals surface area contributed by atoms with Crippen molar-refractivity contribution in [1.82, 2.24) is 14.8 Å². The summed E-state index contributed by atoms with van der Waals surface area (Å²) in [6.07, 6.45) is 6.46. The molecule has 1 N–H and O–H groups in total. The van der Waals surface area contributed by atoms with Crippen molar-refractivity contribution < 1.29 is 9.84 Å². The van der Waals surface area contributed by atoms with Crippen molar-refractivity contribution in [2.45, 2.75) is 25.0 Å². The van der Waals surface area contributed by atoms with Gasteiger partial charge in [-0.05, 0) is 0 Å². The Balaban J connectivity index is 1.90. The van der Waals surface area contributed by atoms with Crippen LogP contribution in [0.3, 0.4) is 0 Å². The molecule has 1 aliphatic carbocycles. The van der Waals surface area contributed by atoms with Gasteiger partial charge in [0.05, 0.1) is 12.3 Å². The van der Waals surface area contributed by atoms with Gasteiger partial charge in [0.2, 0.25) is 0 Å². The summed E-state index contributed by atoms with van der Waals surface area (Å²) in [7, 11) is 1.86. The average Bonchev–Trinajstić information content (AvgIpc) is 2.74. The average molecular weight is 280 g/mol. The molecular weight excluding hydrogens is 266 g/mol. The number of hydrogen-bond donors (Lipinski definition) is 1. The van der Waals surface area contributed by atoms with Crippen LogP contribution in [-0.4, -0.2) is 32.1 Å². The Hall–Kier alpha value is -1.59. The molecule has 2 aromatic heterocycles. The number of aliphatic hydroxyl groups excluding tert-OH is 1. The topological polar surface area (TPSA) is 60.2 Å². The lowest BCUT2D eigenvalue weighted by Crippen LogP contribution is -2.37. The van der Waals surface area contributed by atoms with E-state index >= 15 is 0 Å². The van der Waals surface area contributed by atoms with Crippen molar-refractivity contribution in [3.05, 3.63) is 29.8 Å². The number of ether oxygens (including phenoxy) is 1. The number of pyridine rings is 1.